The molecule has 0 saturated carbocycles. The molecule has 0 N–H and O–H groups in total. The quantitative estimate of drug-likeness (QED) is 0.0362. The van der Waals surface area contributed by atoms with E-state index in [4.69, 9.17) is 18.9 Å². The molecule has 0 aromatic heterocycles. The maximum atomic E-state index is 12.6. The van der Waals surface area contributed by atoms with Crippen molar-refractivity contribution in [3.05, 3.63) is 0 Å². The van der Waals surface area contributed by atoms with Crippen LogP contribution in [0.5, 0.6) is 0 Å². The molecule has 49 heavy (non-hydrogen) atoms. The van der Waals surface area contributed by atoms with Gasteiger partial charge < -0.3 is 18.9 Å². The molecule has 0 radical (unpaired) electrons. The van der Waals surface area contributed by atoms with E-state index in [0.717, 1.165) is 70.6 Å². The Bertz CT molecular complexity index is 798. The fourth-order valence-electron chi connectivity index (χ4n) is 6.11. The number of hydrogen-bond acceptors (Lipinski definition) is 8. The Morgan fingerprint density at radius 1 is 0.388 bits per heavy atom. The SMILES string of the molecule is CCCCCCCCCCCCCCCC(=O)OC(CCCCCC)CCCCCCCCCCC(=O)OCC(COC(C)=O)OC(C)=O. The number of hydrogen-bond donors (Lipinski definition) is 0. The first kappa shape index (κ1) is 46.9. The molecule has 0 aliphatic heterocycles. The summed E-state index contributed by atoms with van der Waals surface area (Å²) in [5.74, 6) is -1.34. The van der Waals surface area contributed by atoms with Crippen molar-refractivity contribution in [1.29, 1.82) is 0 Å². The summed E-state index contributed by atoms with van der Waals surface area (Å²) in [5, 5.41) is 0. The van der Waals surface area contributed by atoms with Crippen LogP contribution in [0.25, 0.3) is 0 Å². The van der Waals surface area contributed by atoms with Crippen LogP contribution in [0.3, 0.4) is 0 Å². The smallest absolute Gasteiger partial charge is 0.306 e. The first-order chi connectivity index (χ1) is 23.8. The third-order valence-electron chi connectivity index (χ3n) is 9.05. The van der Waals surface area contributed by atoms with Gasteiger partial charge in [0.2, 0.25) is 0 Å². The highest BCUT2D eigenvalue weighted by Crippen LogP contribution is 2.19. The molecule has 0 fully saturated rings. The summed E-state index contributed by atoms with van der Waals surface area (Å²) in [4.78, 5) is 46.9. The summed E-state index contributed by atoms with van der Waals surface area (Å²) in [6, 6.07) is 0. The fourth-order valence-corrected chi connectivity index (χ4v) is 6.11. The number of ether oxygens (including phenoxy) is 4. The second kappa shape index (κ2) is 35.7. The van der Waals surface area contributed by atoms with Gasteiger partial charge in [-0.15, -0.1) is 0 Å². The van der Waals surface area contributed by atoms with Crippen molar-refractivity contribution < 1.29 is 38.1 Å². The summed E-state index contributed by atoms with van der Waals surface area (Å²) in [6.45, 7) is 6.77. The van der Waals surface area contributed by atoms with Gasteiger partial charge in [-0.2, -0.15) is 0 Å². The molecule has 0 spiro atoms. The Morgan fingerprint density at radius 3 is 1.18 bits per heavy atom. The predicted octanol–water partition coefficient (Wildman–Crippen LogP) is 11.3. The normalized spacial score (nSPS) is 12.3. The van der Waals surface area contributed by atoms with Gasteiger partial charge >= 0.3 is 23.9 Å². The highest BCUT2D eigenvalue weighted by molar-refractivity contribution is 5.70. The van der Waals surface area contributed by atoms with Crippen molar-refractivity contribution in [2.24, 2.45) is 0 Å². The van der Waals surface area contributed by atoms with Crippen LogP contribution in [0.1, 0.15) is 214 Å². The van der Waals surface area contributed by atoms with Crippen molar-refractivity contribution in [3.8, 4) is 0 Å². The zero-order chi connectivity index (χ0) is 36.2. The first-order valence-corrected chi connectivity index (χ1v) is 20.4. The number of esters is 4. The molecule has 0 bridgehead atoms. The van der Waals surface area contributed by atoms with Gasteiger partial charge in [-0.05, 0) is 38.5 Å². The monoisotopic (exact) mass is 697 g/mol. The van der Waals surface area contributed by atoms with Gasteiger partial charge in [0.1, 0.15) is 19.3 Å². The topological polar surface area (TPSA) is 105 Å². The third-order valence-corrected chi connectivity index (χ3v) is 9.05. The maximum absolute atomic E-state index is 12.6. The van der Waals surface area contributed by atoms with Gasteiger partial charge in [0.15, 0.2) is 6.10 Å². The highest BCUT2D eigenvalue weighted by atomic mass is 16.6. The average molecular weight is 697 g/mol. The fraction of sp³-hybridized carbons (Fsp3) is 0.902. The largest absolute Gasteiger partial charge is 0.462 e. The van der Waals surface area contributed by atoms with Crippen LogP contribution < -0.4 is 0 Å². The molecule has 0 amide bonds. The van der Waals surface area contributed by atoms with Gasteiger partial charge in [0.25, 0.3) is 0 Å². The van der Waals surface area contributed by atoms with Crippen molar-refractivity contribution in [3.63, 3.8) is 0 Å². The maximum Gasteiger partial charge on any atom is 0.306 e. The van der Waals surface area contributed by atoms with Crippen LogP contribution in [-0.2, 0) is 38.1 Å². The molecular weight excluding hydrogens is 620 g/mol. The van der Waals surface area contributed by atoms with Crippen molar-refractivity contribution in [1.82, 2.24) is 0 Å². The minimum atomic E-state index is -0.789. The summed E-state index contributed by atoms with van der Waals surface area (Å²) in [5.41, 5.74) is 0. The zero-order valence-corrected chi connectivity index (χ0v) is 32.3. The van der Waals surface area contributed by atoms with Crippen molar-refractivity contribution >= 4 is 23.9 Å². The summed E-state index contributed by atoms with van der Waals surface area (Å²) >= 11 is 0. The molecule has 8 nitrogen and oxygen atoms in total. The van der Waals surface area contributed by atoms with Gasteiger partial charge in [0.05, 0.1) is 0 Å². The molecule has 0 aromatic rings. The lowest BCUT2D eigenvalue weighted by molar-refractivity contribution is -0.164. The van der Waals surface area contributed by atoms with Crippen molar-refractivity contribution in [2.75, 3.05) is 13.2 Å². The summed E-state index contributed by atoms with van der Waals surface area (Å²) in [6.07, 6.45) is 32.5. The average Bonchev–Trinajstić information content (AvgIpc) is 3.06. The van der Waals surface area contributed by atoms with Crippen LogP contribution in [0.15, 0.2) is 0 Å². The van der Waals surface area contributed by atoms with E-state index in [9.17, 15) is 19.2 Å². The first-order valence-electron chi connectivity index (χ1n) is 20.4. The second-order valence-electron chi connectivity index (χ2n) is 14.0. The highest BCUT2D eigenvalue weighted by Gasteiger charge is 2.17. The molecule has 0 aliphatic carbocycles. The van der Waals surface area contributed by atoms with E-state index in [1.165, 1.54) is 117 Å². The van der Waals surface area contributed by atoms with Crippen LogP contribution in [-0.4, -0.2) is 49.3 Å². The minimum Gasteiger partial charge on any atom is -0.462 e. The number of carbonyl (C=O) groups is 4. The van der Waals surface area contributed by atoms with E-state index < -0.39 is 18.0 Å². The van der Waals surface area contributed by atoms with E-state index in [1.807, 2.05) is 0 Å². The Morgan fingerprint density at radius 2 is 0.755 bits per heavy atom. The van der Waals surface area contributed by atoms with Gasteiger partial charge in [0, 0.05) is 26.7 Å². The molecule has 0 heterocycles. The van der Waals surface area contributed by atoms with Crippen LogP contribution >= 0.6 is 0 Å². The van der Waals surface area contributed by atoms with Gasteiger partial charge in [-0.3, -0.25) is 19.2 Å². The van der Waals surface area contributed by atoms with E-state index >= 15 is 0 Å². The molecule has 0 aromatic carbocycles. The zero-order valence-electron chi connectivity index (χ0n) is 32.3. The van der Waals surface area contributed by atoms with Gasteiger partial charge in [-0.1, -0.05) is 149 Å². The van der Waals surface area contributed by atoms with Crippen LogP contribution in [0, 0.1) is 0 Å². The molecule has 0 aliphatic rings. The van der Waals surface area contributed by atoms with Gasteiger partial charge in [-0.25, -0.2) is 0 Å². The molecule has 2 unspecified atom stereocenters. The standard InChI is InChI=1S/C41H76O8/c1-5-7-9-11-12-13-14-15-16-17-22-25-29-33-41(45)49-38(30-26-10-8-6-2)31-27-23-20-18-19-21-24-28-32-40(44)47-35-39(48-37(4)43)34-46-36(3)42/h38-39H,5-35H2,1-4H3. The number of unbranched alkanes of at least 4 members (excludes halogenated alkanes) is 22. The summed E-state index contributed by atoms with van der Waals surface area (Å²) in [7, 11) is 0. The predicted molar refractivity (Wildman–Crippen MR) is 198 cm³/mol. The molecule has 288 valence electrons. The second-order valence-corrected chi connectivity index (χ2v) is 14.0. The van der Waals surface area contributed by atoms with Crippen molar-refractivity contribution in [2.45, 2.75) is 226 Å². The van der Waals surface area contributed by atoms with E-state index in [2.05, 4.69) is 13.8 Å². The number of rotatable bonds is 36. The number of carbonyl (C=O) groups excluding carboxylic acids is 4. The van der Waals surface area contributed by atoms with E-state index in [1.54, 1.807) is 0 Å². The van der Waals surface area contributed by atoms with E-state index in [-0.39, 0.29) is 31.3 Å². The van der Waals surface area contributed by atoms with Crippen LogP contribution in [0.4, 0.5) is 0 Å². The molecule has 8 heteroatoms. The lowest BCUT2D eigenvalue weighted by Gasteiger charge is -2.18. The molecule has 2 atom stereocenters. The lowest BCUT2D eigenvalue weighted by atomic mass is 10.0. The molecule has 0 saturated heterocycles. The third kappa shape index (κ3) is 35.5. The Hall–Kier alpha value is -2.12. The lowest BCUT2D eigenvalue weighted by Crippen LogP contribution is -2.29. The minimum absolute atomic E-state index is 0.00124. The van der Waals surface area contributed by atoms with E-state index in [0.29, 0.717) is 12.8 Å². The Labute approximate surface area is 300 Å². The Kier molecular flexibility index (Phi) is 34.2. The summed E-state index contributed by atoms with van der Waals surface area (Å²) < 4.78 is 21.1. The molecular formula is C41H76O8. The Balaban J connectivity index is 3.97. The molecule has 0 rings (SSSR count). The van der Waals surface area contributed by atoms with Crippen LogP contribution in [0.2, 0.25) is 0 Å².